The fourth-order valence-electron chi connectivity index (χ4n) is 2.03. The van der Waals surface area contributed by atoms with E-state index in [1.165, 1.54) is 18.2 Å². The van der Waals surface area contributed by atoms with E-state index in [1.54, 1.807) is 24.3 Å². The van der Waals surface area contributed by atoms with Gasteiger partial charge in [0.15, 0.2) is 0 Å². The standard InChI is InChI=1S/C16H17F2N/c1-2-9-19-11-12-7-8-13(17)10-15(12)14-5-3-4-6-16(14)18/h3-8,10,19H,2,9,11H2,1H3. The Hall–Kier alpha value is -1.74. The van der Waals surface area contributed by atoms with Crippen molar-refractivity contribution in [3.63, 3.8) is 0 Å². The molecule has 19 heavy (non-hydrogen) atoms. The molecule has 0 heterocycles. The van der Waals surface area contributed by atoms with Crippen LogP contribution in [0.1, 0.15) is 18.9 Å². The van der Waals surface area contributed by atoms with Crippen LogP contribution in [0.2, 0.25) is 0 Å². The first-order valence-corrected chi connectivity index (χ1v) is 6.46. The molecule has 0 aliphatic heterocycles. The van der Waals surface area contributed by atoms with Crippen LogP contribution in [-0.4, -0.2) is 6.54 Å². The van der Waals surface area contributed by atoms with Crippen LogP contribution < -0.4 is 5.32 Å². The highest BCUT2D eigenvalue weighted by Crippen LogP contribution is 2.27. The Morgan fingerprint density at radius 3 is 2.53 bits per heavy atom. The summed E-state index contributed by atoms with van der Waals surface area (Å²) in [5, 5.41) is 3.26. The van der Waals surface area contributed by atoms with Gasteiger partial charge in [-0.15, -0.1) is 0 Å². The zero-order valence-electron chi connectivity index (χ0n) is 10.9. The SMILES string of the molecule is CCCNCc1ccc(F)cc1-c1ccccc1F. The number of rotatable bonds is 5. The second-order valence-corrected chi connectivity index (χ2v) is 4.46. The van der Waals surface area contributed by atoms with Gasteiger partial charge in [-0.3, -0.25) is 0 Å². The molecule has 2 aromatic rings. The van der Waals surface area contributed by atoms with Gasteiger partial charge in [0.25, 0.3) is 0 Å². The van der Waals surface area contributed by atoms with E-state index in [0.29, 0.717) is 17.7 Å². The second-order valence-electron chi connectivity index (χ2n) is 4.46. The first-order valence-electron chi connectivity index (χ1n) is 6.46. The fraction of sp³-hybridized carbons (Fsp3) is 0.250. The maximum atomic E-state index is 13.8. The maximum Gasteiger partial charge on any atom is 0.131 e. The Bertz CT molecular complexity index is 552. The minimum atomic E-state index is -0.350. The monoisotopic (exact) mass is 261 g/mol. The van der Waals surface area contributed by atoms with Gasteiger partial charge in [0.1, 0.15) is 11.6 Å². The summed E-state index contributed by atoms with van der Waals surface area (Å²) >= 11 is 0. The van der Waals surface area contributed by atoms with Gasteiger partial charge in [0.2, 0.25) is 0 Å². The van der Waals surface area contributed by atoms with Crippen LogP contribution in [0.3, 0.4) is 0 Å². The first-order chi connectivity index (χ1) is 9.22. The molecule has 0 aliphatic rings. The zero-order valence-corrected chi connectivity index (χ0v) is 10.9. The van der Waals surface area contributed by atoms with E-state index < -0.39 is 0 Å². The average molecular weight is 261 g/mol. The summed E-state index contributed by atoms with van der Waals surface area (Å²) in [6.45, 7) is 3.57. The van der Waals surface area contributed by atoms with Crippen molar-refractivity contribution in [2.75, 3.05) is 6.54 Å². The summed E-state index contributed by atoms with van der Waals surface area (Å²) < 4.78 is 27.2. The fourth-order valence-corrected chi connectivity index (χ4v) is 2.03. The van der Waals surface area contributed by atoms with E-state index in [0.717, 1.165) is 18.5 Å². The molecule has 0 fully saturated rings. The molecule has 0 saturated carbocycles. The van der Waals surface area contributed by atoms with Crippen LogP contribution in [-0.2, 0) is 6.54 Å². The van der Waals surface area contributed by atoms with Crippen LogP contribution >= 0.6 is 0 Å². The lowest BCUT2D eigenvalue weighted by atomic mass is 9.99. The summed E-state index contributed by atoms with van der Waals surface area (Å²) in [5.41, 5.74) is 1.96. The molecule has 0 spiro atoms. The highest BCUT2D eigenvalue weighted by Gasteiger charge is 2.10. The molecule has 0 aliphatic carbocycles. The van der Waals surface area contributed by atoms with Crippen molar-refractivity contribution in [3.8, 4) is 11.1 Å². The third kappa shape index (κ3) is 3.38. The number of hydrogen-bond acceptors (Lipinski definition) is 1. The van der Waals surface area contributed by atoms with Crippen molar-refractivity contribution in [1.29, 1.82) is 0 Å². The first kappa shape index (κ1) is 13.7. The molecule has 0 unspecified atom stereocenters. The van der Waals surface area contributed by atoms with E-state index in [4.69, 9.17) is 0 Å². The minimum Gasteiger partial charge on any atom is -0.313 e. The molecular weight excluding hydrogens is 244 g/mol. The Morgan fingerprint density at radius 2 is 1.79 bits per heavy atom. The summed E-state index contributed by atoms with van der Waals surface area (Å²) in [6, 6.07) is 11.0. The second kappa shape index (κ2) is 6.43. The van der Waals surface area contributed by atoms with Gasteiger partial charge in [-0.25, -0.2) is 8.78 Å². The van der Waals surface area contributed by atoms with Crippen LogP contribution in [0.25, 0.3) is 11.1 Å². The van der Waals surface area contributed by atoms with Gasteiger partial charge in [0, 0.05) is 12.1 Å². The molecule has 1 nitrogen and oxygen atoms in total. The zero-order chi connectivity index (χ0) is 13.7. The Kier molecular flexibility index (Phi) is 4.63. The predicted molar refractivity (Wildman–Crippen MR) is 73.8 cm³/mol. The van der Waals surface area contributed by atoms with Crippen molar-refractivity contribution < 1.29 is 8.78 Å². The molecule has 0 saturated heterocycles. The molecule has 2 rings (SSSR count). The maximum absolute atomic E-state index is 13.8. The van der Waals surface area contributed by atoms with E-state index in [9.17, 15) is 8.78 Å². The molecule has 0 bridgehead atoms. The lowest BCUT2D eigenvalue weighted by Crippen LogP contribution is -2.14. The third-order valence-corrected chi connectivity index (χ3v) is 2.98. The molecule has 1 N–H and O–H groups in total. The molecule has 2 aromatic carbocycles. The van der Waals surface area contributed by atoms with Gasteiger partial charge in [-0.05, 0) is 42.3 Å². The van der Waals surface area contributed by atoms with Crippen molar-refractivity contribution in [2.24, 2.45) is 0 Å². The highest BCUT2D eigenvalue weighted by molar-refractivity contribution is 5.68. The van der Waals surface area contributed by atoms with Crippen LogP contribution in [0.15, 0.2) is 42.5 Å². The van der Waals surface area contributed by atoms with Crippen molar-refractivity contribution >= 4 is 0 Å². The topological polar surface area (TPSA) is 12.0 Å². The summed E-state index contributed by atoms with van der Waals surface area (Å²) in [7, 11) is 0. The van der Waals surface area contributed by atoms with E-state index in [2.05, 4.69) is 12.2 Å². The summed E-state index contributed by atoms with van der Waals surface area (Å²) in [6.07, 6.45) is 1.02. The van der Waals surface area contributed by atoms with Gasteiger partial charge in [-0.1, -0.05) is 31.2 Å². The molecule has 0 atom stereocenters. The molecular formula is C16H17F2N. The van der Waals surface area contributed by atoms with Crippen LogP contribution in [0.5, 0.6) is 0 Å². The quantitative estimate of drug-likeness (QED) is 0.798. The third-order valence-electron chi connectivity index (χ3n) is 2.98. The number of halogens is 2. The van der Waals surface area contributed by atoms with Gasteiger partial charge in [0.05, 0.1) is 0 Å². The smallest absolute Gasteiger partial charge is 0.131 e. The Morgan fingerprint density at radius 1 is 1.00 bits per heavy atom. The molecule has 3 heteroatoms. The molecule has 0 aromatic heterocycles. The highest BCUT2D eigenvalue weighted by atomic mass is 19.1. The van der Waals surface area contributed by atoms with Crippen molar-refractivity contribution in [3.05, 3.63) is 59.7 Å². The lowest BCUT2D eigenvalue weighted by Gasteiger charge is -2.11. The average Bonchev–Trinajstić information content (AvgIpc) is 2.41. The van der Waals surface area contributed by atoms with Crippen molar-refractivity contribution in [2.45, 2.75) is 19.9 Å². The Balaban J connectivity index is 2.37. The van der Waals surface area contributed by atoms with E-state index in [-0.39, 0.29) is 11.6 Å². The predicted octanol–water partition coefficient (Wildman–Crippen LogP) is 4.13. The lowest BCUT2D eigenvalue weighted by molar-refractivity contribution is 0.621. The van der Waals surface area contributed by atoms with Gasteiger partial charge < -0.3 is 5.32 Å². The number of benzene rings is 2. The summed E-state index contributed by atoms with van der Waals surface area (Å²) in [5.74, 6) is -0.678. The normalized spacial score (nSPS) is 10.7. The Labute approximate surface area is 112 Å². The minimum absolute atomic E-state index is 0.329. The molecule has 0 amide bonds. The van der Waals surface area contributed by atoms with Gasteiger partial charge >= 0.3 is 0 Å². The van der Waals surface area contributed by atoms with Crippen LogP contribution in [0, 0.1) is 11.6 Å². The van der Waals surface area contributed by atoms with Crippen LogP contribution in [0.4, 0.5) is 8.78 Å². The van der Waals surface area contributed by atoms with E-state index in [1.807, 2.05) is 0 Å². The number of nitrogens with one attached hydrogen (secondary N) is 1. The largest absolute Gasteiger partial charge is 0.313 e. The number of hydrogen-bond donors (Lipinski definition) is 1. The van der Waals surface area contributed by atoms with Crippen molar-refractivity contribution in [1.82, 2.24) is 5.32 Å². The molecule has 100 valence electrons. The molecule has 0 radical (unpaired) electrons. The summed E-state index contributed by atoms with van der Waals surface area (Å²) in [4.78, 5) is 0. The van der Waals surface area contributed by atoms with Gasteiger partial charge in [-0.2, -0.15) is 0 Å². The van der Waals surface area contributed by atoms with E-state index >= 15 is 0 Å².